The van der Waals surface area contributed by atoms with E-state index in [4.69, 9.17) is 4.74 Å². The summed E-state index contributed by atoms with van der Waals surface area (Å²) in [5, 5.41) is 0. The Hall–Kier alpha value is -1.64. The average Bonchev–Trinajstić information content (AvgIpc) is 2.14. The van der Waals surface area contributed by atoms with Gasteiger partial charge in [0.15, 0.2) is 0 Å². The molecule has 0 aromatic heterocycles. The van der Waals surface area contributed by atoms with Gasteiger partial charge >= 0.3 is 5.97 Å². The second-order valence-corrected chi connectivity index (χ2v) is 4.58. The summed E-state index contributed by atoms with van der Waals surface area (Å²) in [6.07, 6.45) is 1.22. The van der Waals surface area contributed by atoms with Crippen LogP contribution in [0.25, 0.3) is 0 Å². The number of nitrogens with zero attached hydrogens (tertiary/aromatic N) is 1. The summed E-state index contributed by atoms with van der Waals surface area (Å²) in [5.41, 5.74) is 1.34. The molecule has 0 fully saturated rings. The number of hydrogen-bond acceptors (Lipinski definition) is 3. The van der Waals surface area contributed by atoms with Gasteiger partial charge in [0, 0.05) is 0 Å². The fourth-order valence-electron chi connectivity index (χ4n) is 1.16. The Morgan fingerprint density at radius 2 is 1.94 bits per heavy atom. The van der Waals surface area contributed by atoms with Crippen molar-refractivity contribution in [1.82, 2.24) is 0 Å². The van der Waals surface area contributed by atoms with Crippen LogP contribution in [0.15, 0.2) is 29.3 Å². The van der Waals surface area contributed by atoms with Crippen LogP contribution in [-0.4, -0.2) is 17.8 Å². The van der Waals surface area contributed by atoms with E-state index in [0.29, 0.717) is 0 Å². The van der Waals surface area contributed by atoms with Crippen LogP contribution in [-0.2, 0) is 9.53 Å². The zero-order valence-electron chi connectivity index (χ0n) is 10.2. The molecule has 0 unspecified atom stereocenters. The fourth-order valence-corrected chi connectivity index (χ4v) is 1.16. The van der Waals surface area contributed by atoms with E-state index >= 15 is 0 Å². The van der Waals surface area contributed by atoms with Crippen molar-refractivity contribution in [1.29, 1.82) is 0 Å². The largest absolute Gasteiger partial charge is 0.456 e. The highest BCUT2D eigenvalue weighted by Crippen LogP contribution is 2.16. The summed E-state index contributed by atoms with van der Waals surface area (Å²) in [6, 6.07) is 7.62. The molecule has 3 nitrogen and oxygen atoms in total. The number of rotatable bonds is 2. The molecular weight excluding hydrogens is 202 g/mol. The summed E-state index contributed by atoms with van der Waals surface area (Å²) < 4.78 is 5.11. The molecule has 0 atom stereocenters. The molecule has 16 heavy (non-hydrogen) atoms. The third kappa shape index (κ3) is 4.26. The maximum atomic E-state index is 11.4. The van der Waals surface area contributed by atoms with Gasteiger partial charge in [-0.05, 0) is 39.3 Å². The van der Waals surface area contributed by atoms with Gasteiger partial charge in [0.05, 0.1) is 5.69 Å². The number of carbonyl (C=O) groups excluding carboxylic acids is 1. The molecular formula is C13H17NO2. The van der Waals surface area contributed by atoms with Gasteiger partial charge in [0.1, 0.15) is 11.8 Å². The first-order valence-corrected chi connectivity index (χ1v) is 5.21. The molecule has 1 aromatic rings. The zero-order chi connectivity index (χ0) is 12.2. The van der Waals surface area contributed by atoms with Gasteiger partial charge in [0.2, 0.25) is 0 Å². The number of para-hydroxylation sites is 1. The topological polar surface area (TPSA) is 38.7 Å². The minimum atomic E-state index is -0.477. The van der Waals surface area contributed by atoms with Crippen molar-refractivity contribution in [2.75, 3.05) is 0 Å². The number of benzene rings is 1. The van der Waals surface area contributed by atoms with Gasteiger partial charge in [-0.2, -0.15) is 0 Å². The van der Waals surface area contributed by atoms with Crippen LogP contribution in [0.1, 0.15) is 26.3 Å². The minimum Gasteiger partial charge on any atom is -0.456 e. The van der Waals surface area contributed by atoms with Crippen LogP contribution in [0.3, 0.4) is 0 Å². The number of carbonyl (C=O) groups is 1. The Morgan fingerprint density at radius 1 is 1.31 bits per heavy atom. The van der Waals surface area contributed by atoms with Crippen molar-refractivity contribution in [3.63, 3.8) is 0 Å². The first-order chi connectivity index (χ1) is 7.38. The molecule has 0 aliphatic carbocycles. The van der Waals surface area contributed by atoms with E-state index in [1.807, 2.05) is 52.0 Å². The van der Waals surface area contributed by atoms with Crippen molar-refractivity contribution in [3.05, 3.63) is 29.8 Å². The third-order valence-corrected chi connectivity index (χ3v) is 1.83. The van der Waals surface area contributed by atoms with Crippen LogP contribution in [0.5, 0.6) is 0 Å². The molecule has 0 heterocycles. The highest BCUT2D eigenvalue weighted by molar-refractivity contribution is 6.23. The lowest BCUT2D eigenvalue weighted by molar-refractivity contribution is -0.145. The van der Waals surface area contributed by atoms with Crippen molar-refractivity contribution >= 4 is 17.9 Å². The highest BCUT2D eigenvalue weighted by atomic mass is 16.6. The molecule has 0 aliphatic rings. The highest BCUT2D eigenvalue weighted by Gasteiger charge is 2.14. The molecule has 3 heteroatoms. The van der Waals surface area contributed by atoms with Crippen LogP contribution >= 0.6 is 0 Å². The summed E-state index contributed by atoms with van der Waals surface area (Å²) in [5.74, 6) is -0.421. The van der Waals surface area contributed by atoms with Crippen LogP contribution in [0, 0.1) is 6.92 Å². The lowest BCUT2D eigenvalue weighted by Crippen LogP contribution is -2.24. The first kappa shape index (κ1) is 12.4. The Labute approximate surface area is 96.2 Å². The van der Waals surface area contributed by atoms with E-state index in [2.05, 4.69) is 4.99 Å². The number of aliphatic imine (C=N–C) groups is 1. The molecule has 0 amide bonds. The van der Waals surface area contributed by atoms with Gasteiger partial charge in [-0.3, -0.25) is 0 Å². The minimum absolute atomic E-state index is 0.421. The number of aryl methyl sites for hydroxylation is 1. The predicted molar refractivity (Wildman–Crippen MR) is 65.2 cm³/mol. The van der Waals surface area contributed by atoms with E-state index < -0.39 is 11.6 Å². The van der Waals surface area contributed by atoms with Gasteiger partial charge in [-0.15, -0.1) is 0 Å². The Kier molecular flexibility index (Phi) is 3.82. The molecule has 0 saturated heterocycles. The lowest BCUT2D eigenvalue weighted by atomic mass is 10.2. The van der Waals surface area contributed by atoms with Gasteiger partial charge in [-0.25, -0.2) is 9.79 Å². The molecule has 1 aromatic carbocycles. The monoisotopic (exact) mass is 219 g/mol. The second-order valence-electron chi connectivity index (χ2n) is 4.58. The van der Waals surface area contributed by atoms with Gasteiger partial charge < -0.3 is 4.74 Å². The van der Waals surface area contributed by atoms with Crippen LogP contribution in [0.4, 0.5) is 5.69 Å². The first-order valence-electron chi connectivity index (χ1n) is 5.21. The van der Waals surface area contributed by atoms with Crippen LogP contribution in [0.2, 0.25) is 0 Å². The summed E-state index contributed by atoms with van der Waals surface area (Å²) in [7, 11) is 0. The maximum Gasteiger partial charge on any atom is 0.349 e. The summed E-state index contributed by atoms with van der Waals surface area (Å²) in [4.78, 5) is 15.5. The summed E-state index contributed by atoms with van der Waals surface area (Å²) >= 11 is 0. The summed E-state index contributed by atoms with van der Waals surface area (Å²) in [6.45, 7) is 7.42. The molecule has 0 bridgehead atoms. The SMILES string of the molecule is Cc1ccccc1N=CC(=O)OC(C)(C)C. The molecule has 0 spiro atoms. The van der Waals surface area contributed by atoms with E-state index in [1.54, 1.807) is 0 Å². The second kappa shape index (κ2) is 4.92. The Bertz CT molecular complexity index is 403. The van der Waals surface area contributed by atoms with Crippen molar-refractivity contribution < 1.29 is 9.53 Å². The van der Waals surface area contributed by atoms with Crippen LogP contribution < -0.4 is 0 Å². The normalized spacial score (nSPS) is 11.8. The van der Waals surface area contributed by atoms with Crippen molar-refractivity contribution in [2.24, 2.45) is 4.99 Å². The maximum absolute atomic E-state index is 11.4. The van der Waals surface area contributed by atoms with Crippen molar-refractivity contribution in [3.8, 4) is 0 Å². The van der Waals surface area contributed by atoms with Gasteiger partial charge in [0.25, 0.3) is 0 Å². The quantitative estimate of drug-likeness (QED) is 0.566. The molecule has 0 N–H and O–H groups in total. The van der Waals surface area contributed by atoms with E-state index in [9.17, 15) is 4.79 Å². The third-order valence-electron chi connectivity index (χ3n) is 1.83. The number of esters is 1. The molecule has 0 radical (unpaired) electrons. The number of hydrogen-bond donors (Lipinski definition) is 0. The van der Waals surface area contributed by atoms with E-state index in [0.717, 1.165) is 11.3 Å². The molecule has 86 valence electrons. The predicted octanol–water partition coefficient (Wildman–Crippen LogP) is 3.04. The number of ether oxygens (including phenoxy) is 1. The lowest BCUT2D eigenvalue weighted by Gasteiger charge is -2.17. The fraction of sp³-hybridized carbons (Fsp3) is 0.385. The average molecular weight is 219 g/mol. The van der Waals surface area contributed by atoms with Gasteiger partial charge in [-0.1, -0.05) is 18.2 Å². The Balaban J connectivity index is 2.68. The van der Waals surface area contributed by atoms with Crippen molar-refractivity contribution in [2.45, 2.75) is 33.3 Å². The zero-order valence-corrected chi connectivity index (χ0v) is 10.2. The van der Waals surface area contributed by atoms with E-state index in [-0.39, 0.29) is 0 Å². The molecule has 1 rings (SSSR count). The smallest absolute Gasteiger partial charge is 0.349 e. The standard InChI is InChI=1S/C13H17NO2/c1-10-7-5-6-8-11(10)14-9-12(15)16-13(2,3)4/h5-9H,1-4H3. The van der Waals surface area contributed by atoms with E-state index in [1.165, 1.54) is 6.21 Å². The molecule has 0 aliphatic heterocycles. The molecule has 0 saturated carbocycles. The Morgan fingerprint density at radius 3 is 2.50 bits per heavy atom.